The molecule has 1 spiro atoms. The molecule has 2 aliphatic heterocycles. The molecule has 35 heavy (non-hydrogen) atoms. The van der Waals surface area contributed by atoms with E-state index in [0.29, 0.717) is 34.6 Å². The summed E-state index contributed by atoms with van der Waals surface area (Å²) in [5.41, 5.74) is 2.53. The van der Waals surface area contributed by atoms with Gasteiger partial charge in [-0.25, -0.2) is 8.42 Å². The zero-order chi connectivity index (χ0) is 25.0. The normalized spacial score (nSPS) is 21.0. The molecule has 0 aromatic heterocycles. The van der Waals surface area contributed by atoms with E-state index < -0.39 is 10.0 Å². The van der Waals surface area contributed by atoms with E-state index in [4.69, 9.17) is 11.6 Å². The highest BCUT2D eigenvalue weighted by molar-refractivity contribution is 7.89. The Balaban J connectivity index is 1.12. The van der Waals surface area contributed by atoms with Crippen LogP contribution in [0.25, 0.3) is 0 Å². The summed E-state index contributed by atoms with van der Waals surface area (Å²) in [7, 11) is 0.0469. The maximum absolute atomic E-state index is 13.0. The van der Waals surface area contributed by atoms with Crippen molar-refractivity contribution in [1.82, 2.24) is 14.1 Å². The standard InChI is InChI=1S/C26H33ClN4O3S/c1-19-6-4-5-7-24(19)35(33,34)31-17-26(18-31)15-21(16-26)30-12-10-29(11-13-30)20-8-9-22(23(27)14-20)25(32)28(2)3/h4-9,14,21H,10-13,15-18H2,1-3H3. The van der Waals surface area contributed by atoms with E-state index in [9.17, 15) is 13.2 Å². The predicted molar refractivity (Wildman–Crippen MR) is 139 cm³/mol. The summed E-state index contributed by atoms with van der Waals surface area (Å²) >= 11 is 6.41. The van der Waals surface area contributed by atoms with Crippen molar-refractivity contribution < 1.29 is 13.2 Å². The van der Waals surface area contributed by atoms with Crippen molar-refractivity contribution in [2.45, 2.75) is 30.7 Å². The number of carbonyl (C=O) groups is 1. The monoisotopic (exact) mass is 516 g/mol. The van der Waals surface area contributed by atoms with Crippen LogP contribution in [0.1, 0.15) is 28.8 Å². The Morgan fingerprint density at radius 1 is 1.03 bits per heavy atom. The third-order valence-corrected chi connectivity index (χ3v) is 10.1. The van der Waals surface area contributed by atoms with Crippen molar-refractivity contribution in [3.8, 4) is 0 Å². The number of benzene rings is 2. The Hall–Kier alpha value is -2.13. The van der Waals surface area contributed by atoms with Gasteiger partial charge in [0.25, 0.3) is 5.91 Å². The Morgan fingerprint density at radius 2 is 1.69 bits per heavy atom. The van der Waals surface area contributed by atoms with Crippen LogP contribution in [0.5, 0.6) is 0 Å². The van der Waals surface area contributed by atoms with Gasteiger partial charge in [0.2, 0.25) is 10.0 Å². The average Bonchev–Trinajstić information content (AvgIpc) is 2.77. The van der Waals surface area contributed by atoms with Crippen molar-refractivity contribution in [3.05, 3.63) is 58.6 Å². The van der Waals surface area contributed by atoms with Crippen LogP contribution in [0.2, 0.25) is 5.02 Å². The molecule has 3 fully saturated rings. The Labute approximate surface area is 213 Å². The molecule has 0 radical (unpaired) electrons. The van der Waals surface area contributed by atoms with Gasteiger partial charge in [0.05, 0.1) is 15.5 Å². The smallest absolute Gasteiger partial charge is 0.254 e. The number of nitrogens with zero attached hydrogens (tertiary/aromatic N) is 4. The topological polar surface area (TPSA) is 64.2 Å². The molecule has 1 saturated carbocycles. The van der Waals surface area contributed by atoms with Gasteiger partial charge < -0.3 is 9.80 Å². The van der Waals surface area contributed by atoms with Crippen molar-refractivity contribution in [2.75, 3.05) is 58.3 Å². The van der Waals surface area contributed by atoms with Gasteiger partial charge in [-0.1, -0.05) is 29.8 Å². The fourth-order valence-corrected chi connectivity index (χ4v) is 7.92. The van der Waals surface area contributed by atoms with Gasteiger partial charge in [-0.05, 0) is 49.6 Å². The van der Waals surface area contributed by atoms with Gasteiger partial charge in [-0.3, -0.25) is 9.69 Å². The summed E-state index contributed by atoms with van der Waals surface area (Å²) in [6.07, 6.45) is 2.14. The van der Waals surface area contributed by atoms with Gasteiger partial charge in [-0.2, -0.15) is 4.31 Å². The van der Waals surface area contributed by atoms with Gasteiger partial charge in [-0.15, -0.1) is 0 Å². The van der Waals surface area contributed by atoms with Crippen LogP contribution in [0.3, 0.4) is 0 Å². The first-order valence-corrected chi connectivity index (χ1v) is 14.0. The predicted octanol–water partition coefficient (Wildman–Crippen LogP) is 3.33. The molecule has 0 atom stereocenters. The zero-order valence-electron chi connectivity index (χ0n) is 20.6. The van der Waals surface area contributed by atoms with Crippen molar-refractivity contribution in [3.63, 3.8) is 0 Å². The van der Waals surface area contributed by atoms with Crippen LogP contribution >= 0.6 is 11.6 Å². The van der Waals surface area contributed by atoms with E-state index in [1.807, 2.05) is 37.3 Å². The Bertz CT molecular complexity index is 1230. The number of sulfonamides is 1. The Kier molecular flexibility index (Phi) is 6.36. The number of halogens is 1. The molecule has 0 N–H and O–H groups in total. The maximum atomic E-state index is 13.0. The quantitative estimate of drug-likeness (QED) is 0.610. The molecule has 1 aliphatic carbocycles. The summed E-state index contributed by atoms with van der Waals surface area (Å²) in [6, 6.07) is 13.4. The number of rotatable bonds is 5. The molecule has 0 bridgehead atoms. The van der Waals surface area contributed by atoms with E-state index in [1.165, 1.54) is 4.90 Å². The molecule has 2 heterocycles. The summed E-state index contributed by atoms with van der Waals surface area (Å²) in [6.45, 7) is 6.90. The maximum Gasteiger partial charge on any atom is 0.254 e. The molecular formula is C26H33ClN4O3S. The van der Waals surface area contributed by atoms with Crippen LogP contribution in [0, 0.1) is 12.3 Å². The number of carbonyl (C=O) groups excluding carboxylic acids is 1. The minimum absolute atomic E-state index is 0.0912. The van der Waals surface area contributed by atoms with E-state index in [-0.39, 0.29) is 11.3 Å². The molecule has 0 unspecified atom stereocenters. The first kappa shape index (κ1) is 24.6. The summed E-state index contributed by atoms with van der Waals surface area (Å²) in [4.78, 5) is 19.1. The van der Waals surface area contributed by atoms with Crippen LogP contribution in [-0.2, 0) is 10.0 Å². The second-order valence-electron chi connectivity index (χ2n) is 10.5. The molecule has 2 aromatic rings. The van der Waals surface area contributed by atoms with E-state index in [1.54, 1.807) is 30.5 Å². The summed E-state index contributed by atoms with van der Waals surface area (Å²) in [5.74, 6) is -0.0912. The minimum Gasteiger partial charge on any atom is -0.369 e. The molecule has 2 saturated heterocycles. The highest BCUT2D eigenvalue weighted by Gasteiger charge is 2.56. The van der Waals surface area contributed by atoms with Crippen LogP contribution in [0.4, 0.5) is 5.69 Å². The lowest BCUT2D eigenvalue weighted by Gasteiger charge is -2.61. The molecule has 9 heteroatoms. The third kappa shape index (κ3) is 4.46. The molecule has 1 amide bonds. The first-order valence-electron chi connectivity index (χ1n) is 12.2. The van der Waals surface area contributed by atoms with Gasteiger partial charge in [0.15, 0.2) is 0 Å². The fraction of sp³-hybridized carbons (Fsp3) is 0.500. The van der Waals surface area contributed by atoms with E-state index >= 15 is 0 Å². The second kappa shape index (κ2) is 9.07. The highest BCUT2D eigenvalue weighted by Crippen LogP contribution is 2.52. The lowest BCUT2D eigenvalue weighted by atomic mass is 9.61. The molecule has 188 valence electrons. The molecule has 2 aromatic carbocycles. The molecule has 7 nitrogen and oxygen atoms in total. The molecule has 5 rings (SSSR count). The largest absolute Gasteiger partial charge is 0.369 e. The molecular weight excluding hydrogens is 484 g/mol. The number of hydrogen-bond donors (Lipinski definition) is 0. The SMILES string of the molecule is Cc1ccccc1S(=O)(=O)N1CC2(CC(N3CCN(c4ccc(C(=O)N(C)C)c(Cl)c4)CC3)C2)C1. The lowest BCUT2D eigenvalue weighted by molar-refractivity contribution is -0.0762. The number of piperazine rings is 1. The third-order valence-electron chi connectivity index (χ3n) is 7.86. The van der Waals surface area contributed by atoms with E-state index in [0.717, 1.165) is 50.3 Å². The highest BCUT2D eigenvalue weighted by atomic mass is 35.5. The average molecular weight is 517 g/mol. The molecule has 3 aliphatic rings. The number of hydrogen-bond acceptors (Lipinski definition) is 5. The van der Waals surface area contributed by atoms with Crippen molar-refractivity contribution in [1.29, 1.82) is 0 Å². The zero-order valence-corrected chi connectivity index (χ0v) is 22.1. The van der Waals surface area contributed by atoms with Crippen LogP contribution in [-0.4, -0.2) is 87.8 Å². The van der Waals surface area contributed by atoms with E-state index in [2.05, 4.69) is 9.80 Å². The minimum atomic E-state index is -3.40. The van der Waals surface area contributed by atoms with Crippen LogP contribution < -0.4 is 4.90 Å². The Morgan fingerprint density at radius 3 is 2.29 bits per heavy atom. The second-order valence-corrected chi connectivity index (χ2v) is 12.8. The fourth-order valence-electron chi connectivity index (χ4n) is 5.77. The lowest BCUT2D eigenvalue weighted by Crippen LogP contribution is -2.68. The van der Waals surface area contributed by atoms with Crippen molar-refractivity contribution >= 4 is 33.2 Å². The number of anilines is 1. The first-order chi connectivity index (χ1) is 16.6. The summed E-state index contributed by atoms with van der Waals surface area (Å²) < 4.78 is 27.7. The number of aryl methyl sites for hydroxylation is 1. The van der Waals surface area contributed by atoms with Gasteiger partial charge in [0.1, 0.15) is 0 Å². The van der Waals surface area contributed by atoms with Gasteiger partial charge >= 0.3 is 0 Å². The number of amides is 1. The van der Waals surface area contributed by atoms with Crippen LogP contribution in [0.15, 0.2) is 47.4 Å². The van der Waals surface area contributed by atoms with Crippen molar-refractivity contribution in [2.24, 2.45) is 5.41 Å². The summed E-state index contributed by atoms with van der Waals surface area (Å²) in [5, 5.41) is 0.486. The van der Waals surface area contributed by atoms with Gasteiger partial charge in [0, 0.05) is 70.5 Å².